The number of aromatic nitrogens is 5. The summed E-state index contributed by atoms with van der Waals surface area (Å²) in [4.78, 5) is 11.1. The fraction of sp³-hybridized carbons (Fsp3) is 0.0741. The molecule has 0 radical (unpaired) electrons. The van der Waals surface area contributed by atoms with Crippen molar-refractivity contribution in [3.63, 3.8) is 0 Å². The molecule has 2 heterocycles. The summed E-state index contributed by atoms with van der Waals surface area (Å²) in [5.74, 6) is 1.21. The van der Waals surface area contributed by atoms with Crippen LogP contribution in [0.3, 0.4) is 0 Å². The van der Waals surface area contributed by atoms with Crippen molar-refractivity contribution in [2.45, 2.75) is 11.8 Å². The average molecular weight is 540 g/mol. The van der Waals surface area contributed by atoms with Gasteiger partial charge >= 0.3 is 0 Å². The molecule has 0 unspecified atom stereocenters. The van der Waals surface area contributed by atoms with E-state index in [9.17, 15) is 8.42 Å². The first-order valence-corrected chi connectivity index (χ1v) is 13.4. The van der Waals surface area contributed by atoms with Gasteiger partial charge in [-0.05, 0) is 49.4 Å². The molecule has 5 aromatic rings. The molecule has 0 amide bonds. The lowest BCUT2D eigenvalue weighted by atomic mass is 10.1. The van der Waals surface area contributed by atoms with Gasteiger partial charge in [0.15, 0.2) is 11.6 Å². The van der Waals surface area contributed by atoms with Gasteiger partial charge in [-0.2, -0.15) is 25.3 Å². The Morgan fingerprint density at radius 3 is 2.13 bits per heavy atom. The van der Waals surface area contributed by atoms with E-state index in [2.05, 4.69) is 30.8 Å². The molecule has 0 bridgehead atoms. The highest BCUT2D eigenvalue weighted by Gasteiger charge is 2.19. The Labute approximate surface area is 225 Å². The van der Waals surface area contributed by atoms with Crippen LogP contribution in [0.4, 0.5) is 17.5 Å². The molecule has 3 N–H and O–H groups in total. The summed E-state index contributed by atoms with van der Waals surface area (Å²) in [6.07, 6.45) is 3.16. The summed E-state index contributed by atoms with van der Waals surface area (Å²) in [6, 6.07) is 25.7. The van der Waals surface area contributed by atoms with Gasteiger partial charge in [0, 0.05) is 5.69 Å². The lowest BCUT2D eigenvalue weighted by molar-refractivity contribution is 0.588. The topological polar surface area (TPSA) is 139 Å². The molecular formula is C27H25N9O2S. The normalized spacial score (nSPS) is 11.8. The van der Waals surface area contributed by atoms with E-state index >= 15 is 0 Å². The number of rotatable bonds is 9. The van der Waals surface area contributed by atoms with E-state index in [1.807, 2.05) is 67.6 Å². The minimum absolute atomic E-state index is 0.171. The molecule has 3 aromatic carbocycles. The predicted molar refractivity (Wildman–Crippen MR) is 151 cm³/mol. The largest absolute Gasteiger partial charge is 0.324 e. The Bertz CT molecular complexity index is 1690. The van der Waals surface area contributed by atoms with Crippen molar-refractivity contribution < 1.29 is 8.42 Å². The van der Waals surface area contributed by atoms with Crippen LogP contribution in [-0.4, -0.2) is 46.1 Å². The van der Waals surface area contributed by atoms with Crippen LogP contribution < -0.4 is 15.5 Å². The van der Waals surface area contributed by atoms with E-state index in [0.717, 1.165) is 16.8 Å². The third-order valence-electron chi connectivity index (χ3n) is 5.77. The quantitative estimate of drug-likeness (QED) is 0.187. The second kappa shape index (κ2) is 11.2. The van der Waals surface area contributed by atoms with Crippen LogP contribution in [0, 0.1) is 0 Å². The van der Waals surface area contributed by atoms with Crippen molar-refractivity contribution in [3.05, 3.63) is 103 Å². The fourth-order valence-electron chi connectivity index (χ4n) is 3.77. The van der Waals surface area contributed by atoms with Gasteiger partial charge in [0.25, 0.3) is 0 Å². The minimum Gasteiger partial charge on any atom is -0.324 e. The molecule has 12 heteroatoms. The molecule has 2 aromatic heterocycles. The predicted octanol–water partition coefficient (Wildman–Crippen LogP) is 4.21. The van der Waals surface area contributed by atoms with Gasteiger partial charge in [-0.1, -0.05) is 60.7 Å². The number of hydrazone groups is 1. The number of sulfonamides is 1. The Balaban J connectivity index is 1.58. The van der Waals surface area contributed by atoms with Crippen molar-refractivity contribution >= 4 is 33.2 Å². The first kappa shape index (κ1) is 25.7. The Kier molecular flexibility index (Phi) is 7.39. The third-order valence-corrected chi connectivity index (χ3v) is 7.20. The standard InChI is InChI=1S/C27H25N9O2S/c1-19(20-13-15-23(16-14-20)39(37,38)28-2)34-35-25-24(21-9-5-3-6-10-21)26(36-29-17-18-30-36)33-27(32-25)31-22-11-7-4-8-12-22/h3-18,28H,1-2H3,(H2,31,32,33,35). The second-order valence-electron chi connectivity index (χ2n) is 8.31. The number of benzene rings is 3. The second-order valence-corrected chi connectivity index (χ2v) is 10.2. The third kappa shape index (κ3) is 5.81. The molecule has 0 saturated carbocycles. The van der Waals surface area contributed by atoms with Gasteiger partial charge in [-0.25, -0.2) is 13.1 Å². The summed E-state index contributed by atoms with van der Waals surface area (Å²) in [5.41, 5.74) is 6.76. The Morgan fingerprint density at radius 2 is 1.49 bits per heavy atom. The summed E-state index contributed by atoms with van der Waals surface area (Å²) < 4.78 is 26.5. The molecule has 0 spiro atoms. The van der Waals surface area contributed by atoms with Gasteiger partial charge in [-0.15, -0.1) is 4.80 Å². The van der Waals surface area contributed by atoms with Crippen molar-refractivity contribution in [2.24, 2.45) is 5.10 Å². The molecule has 5 rings (SSSR count). The number of nitrogens with one attached hydrogen (secondary N) is 3. The molecule has 0 aliphatic heterocycles. The highest BCUT2D eigenvalue weighted by atomic mass is 32.2. The van der Waals surface area contributed by atoms with Gasteiger partial charge in [0.1, 0.15) is 0 Å². The molecule has 11 nitrogen and oxygen atoms in total. The van der Waals surface area contributed by atoms with Crippen molar-refractivity contribution in [1.82, 2.24) is 29.7 Å². The molecule has 39 heavy (non-hydrogen) atoms. The molecule has 0 saturated heterocycles. The zero-order valence-corrected chi connectivity index (χ0v) is 22.0. The van der Waals surface area contributed by atoms with E-state index in [-0.39, 0.29) is 4.90 Å². The molecule has 0 atom stereocenters. The fourth-order valence-corrected chi connectivity index (χ4v) is 4.50. The first-order valence-electron chi connectivity index (χ1n) is 11.9. The molecular weight excluding hydrogens is 514 g/mol. The molecule has 196 valence electrons. The zero-order chi connectivity index (χ0) is 27.2. The number of hydrogen-bond donors (Lipinski definition) is 3. The summed E-state index contributed by atoms with van der Waals surface area (Å²) >= 11 is 0. The molecule has 0 aliphatic rings. The van der Waals surface area contributed by atoms with Crippen LogP contribution in [0.25, 0.3) is 16.9 Å². The van der Waals surface area contributed by atoms with Crippen LogP contribution in [0.15, 0.2) is 107 Å². The van der Waals surface area contributed by atoms with E-state index < -0.39 is 10.0 Å². The van der Waals surface area contributed by atoms with Crippen LogP contribution in [0.5, 0.6) is 0 Å². The van der Waals surface area contributed by atoms with Gasteiger partial charge in [0.2, 0.25) is 16.0 Å². The average Bonchev–Trinajstić information content (AvgIpc) is 3.52. The van der Waals surface area contributed by atoms with Crippen molar-refractivity contribution in [1.29, 1.82) is 0 Å². The van der Waals surface area contributed by atoms with E-state index in [4.69, 9.17) is 9.97 Å². The van der Waals surface area contributed by atoms with Crippen LogP contribution in [0.2, 0.25) is 0 Å². The lowest BCUT2D eigenvalue weighted by Gasteiger charge is -2.15. The maximum atomic E-state index is 12.1. The number of nitrogens with zero attached hydrogens (tertiary/aromatic N) is 6. The van der Waals surface area contributed by atoms with Crippen molar-refractivity contribution in [2.75, 3.05) is 17.8 Å². The van der Waals surface area contributed by atoms with Crippen molar-refractivity contribution in [3.8, 4) is 16.9 Å². The number of hydrogen-bond acceptors (Lipinski definition) is 9. The Hall–Kier alpha value is -4.94. The first-order chi connectivity index (χ1) is 18.9. The highest BCUT2D eigenvalue weighted by Crippen LogP contribution is 2.33. The molecule has 0 fully saturated rings. The van der Waals surface area contributed by atoms with Crippen LogP contribution in [0.1, 0.15) is 12.5 Å². The van der Waals surface area contributed by atoms with Gasteiger partial charge in [-0.3, -0.25) is 5.43 Å². The molecule has 0 aliphatic carbocycles. The van der Waals surface area contributed by atoms with E-state index in [0.29, 0.717) is 28.9 Å². The maximum Gasteiger partial charge on any atom is 0.240 e. The zero-order valence-electron chi connectivity index (χ0n) is 21.1. The van der Waals surface area contributed by atoms with Gasteiger partial charge < -0.3 is 5.32 Å². The smallest absolute Gasteiger partial charge is 0.240 e. The minimum atomic E-state index is -3.53. The Morgan fingerprint density at radius 1 is 0.846 bits per heavy atom. The van der Waals surface area contributed by atoms with Crippen LogP contribution >= 0.6 is 0 Å². The lowest BCUT2D eigenvalue weighted by Crippen LogP contribution is -2.18. The summed E-state index contributed by atoms with van der Waals surface area (Å²) in [7, 11) is -2.16. The van der Waals surface area contributed by atoms with Gasteiger partial charge in [0.05, 0.1) is 28.6 Å². The monoisotopic (exact) mass is 539 g/mol. The number of para-hydroxylation sites is 1. The number of anilines is 3. The maximum absolute atomic E-state index is 12.1. The van der Waals surface area contributed by atoms with E-state index in [1.54, 1.807) is 24.5 Å². The summed E-state index contributed by atoms with van der Waals surface area (Å²) in [5, 5.41) is 16.4. The van der Waals surface area contributed by atoms with E-state index in [1.165, 1.54) is 24.0 Å². The van der Waals surface area contributed by atoms with Crippen LogP contribution in [-0.2, 0) is 10.0 Å². The summed E-state index contributed by atoms with van der Waals surface area (Å²) in [6.45, 7) is 1.82. The highest BCUT2D eigenvalue weighted by molar-refractivity contribution is 7.89. The SMILES string of the molecule is CNS(=O)(=O)c1ccc(C(C)=NNc2nc(Nc3ccccc3)nc(-n3nccn3)c2-c2ccccc2)cc1.